The Bertz CT molecular complexity index is 817. The molecule has 0 radical (unpaired) electrons. The molecule has 2 heterocycles. The average Bonchev–Trinajstić information content (AvgIpc) is 3.27. The van der Waals surface area contributed by atoms with Gasteiger partial charge in [0.05, 0.1) is 6.10 Å². The van der Waals surface area contributed by atoms with Gasteiger partial charge in [-0.25, -0.2) is 4.79 Å². The minimum absolute atomic E-state index is 0.102. The van der Waals surface area contributed by atoms with Gasteiger partial charge in [0.2, 0.25) is 0 Å². The molecule has 2 aliphatic heterocycles. The molecule has 1 atom stereocenters. The maximum atomic E-state index is 12.6. The number of likely N-dealkylation sites (tertiary alicyclic amines) is 2. The van der Waals surface area contributed by atoms with Crippen LogP contribution in [-0.4, -0.2) is 65.9 Å². The summed E-state index contributed by atoms with van der Waals surface area (Å²) in [6, 6.07) is 17.1. The molecular formula is C22H24N2O3. The molecule has 1 N–H and O–H groups in total. The highest BCUT2D eigenvalue weighted by Gasteiger charge is 2.37. The molecule has 2 aromatic carbocycles. The van der Waals surface area contributed by atoms with E-state index in [1.807, 2.05) is 17.0 Å². The van der Waals surface area contributed by atoms with E-state index in [4.69, 9.17) is 4.74 Å². The Morgan fingerprint density at radius 3 is 2.26 bits per heavy atom. The third-order valence-corrected chi connectivity index (χ3v) is 6.16. The lowest BCUT2D eigenvalue weighted by Crippen LogP contribution is -2.56. The van der Waals surface area contributed by atoms with E-state index in [1.54, 1.807) is 0 Å². The Kier molecular flexibility index (Phi) is 4.14. The zero-order valence-corrected chi connectivity index (χ0v) is 15.3. The number of benzene rings is 2. The van der Waals surface area contributed by atoms with Gasteiger partial charge in [0.15, 0.2) is 0 Å². The summed E-state index contributed by atoms with van der Waals surface area (Å²) in [5, 5.41) is 9.47. The number of carbonyl (C=O) groups is 1. The minimum atomic E-state index is -0.222. The van der Waals surface area contributed by atoms with E-state index in [-0.39, 0.29) is 18.1 Å². The van der Waals surface area contributed by atoms with Gasteiger partial charge in [-0.3, -0.25) is 4.90 Å². The van der Waals surface area contributed by atoms with Crippen molar-refractivity contribution in [2.45, 2.75) is 24.5 Å². The summed E-state index contributed by atoms with van der Waals surface area (Å²) < 4.78 is 5.74. The second-order valence-corrected chi connectivity index (χ2v) is 7.80. The van der Waals surface area contributed by atoms with Crippen LogP contribution in [0.15, 0.2) is 48.5 Å². The van der Waals surface area contributed by atoms with Crippen molar-refractivity contribution in [2.24, 2.45) is 0 Å². The SMILES string of the molecule is O=C(OCC1c2ccccc2-c2ccccc21)N1CCC(N2CC(O)C2)C1. The molecule has 0 saturated carbocycles. The third kappa shape index (κ3) is 2.91. The van der Waals surface area contributed by atoms with Crippen LogP contribution < -0.4 is 0 Å². The lowest BCUT2D eigenvalue weighted by molar-refractivity contribution is -0.0220. The minimum Gasteiger partial charge on any atom is -0.448 e. The molecule has 140 valence electrons. The number of carbonyl (C=O) groups excluding carboxylic acids is 1. The molecule has 0 bridgehead atoms. The van der Waals surface area contributed by atoms with Gasteiger partial charge in [-0.2, -0.15) is 0 Å². The standard InChI is InChI=1S/C22H24N2O3/c25-16-12-24(13-16)15-9-10-23(11-15)22(26)27-14-21-19-7-3-1-5-17(19)18-6-2-4-8-20(18)21/h1-8,15-16,21,25H,9-14H2. The molecule has 5 rings (SSSR count). The Morgan fingerprint density at radius 2 is 1.63 bits per heavy atom. The van der Waals surface area contributed by atoms with Crippen molar-refractivity contribution in [1.29, 1.82) is 0 Å². The van der Waals surface area contributed by atoms with Gasteiger partial charge >= 0.3 is 6.09 Å². The number of aliphatic hydroxyl groups is 1. The number of hydrogen-bond acceptors (Lipinski definition) is 4. The topological polar surface area (TPSA) is 53.0 Å². The van der Waals surface area contributed by atoms with Crippen molar-refractivity contribution >= 4 is 6.09 Å². The van der Waals surface area contributed by atoms with Gasteiger partial charge in [0, 0.05) is 38.1 Å². The van der Waals surface area contributed by atoms with Crippen LogP contribution in [0.25, 0.3) is 11.1 Å². The van der Waals surface area contributed by atoms with Gasteiger partial charge in [0.25, 0.3) is 0 Å². The van der Waals surface area contributed by atoms with E-state index in [1.165, 1.54) is 22.3 Å². The van der Waals surface area contributed by atoms with E-state index in [0.29, 0.717) is 19.2 Å². The van der Waals surface area contributed by atoms with Crippen LogP contribution >= 0.6 is 0 Å². The zero-order valence-electron chi connectivity index (χ0n) is 15.3. The van der Waals surface area contributed by atoms with E-state index in [2.05, 4.69) is 41.3 Å². The summed E-state index contributed by atoms with van der Waals surface area (Å²) in [5.74, 6) is 0.102. The Hall–Kier alpha value is -2.37. The van der Waals surface area contributed by atoms with Gasteiger partial charge < -0.3 is 14.7 Å². The highest BCUT2D eigenvalue weighted by molar-refractivity contribution is 5.79. The molecule has 1 amide bonds. The Balaban J connectivity index is 1.25. The fraction of sp³-hybridized carbons (Fsp3) is 0.409. The van der Waals surface area contributed by atoms with Crippen molar-refractivity contribution in [3.8, 4) is 11.1 Å². The van der Waals surface area contributed by atoms with Crippen LogP contribution in [0.4, 0.5) is 4.79 Å². The number of fused-ring (bicyclic) bond motifs is 3. The Labute approximate surface area is 159 Å². The molecule has 1 unspecified atom stereocenters. The molecule has 2 fully saturated rings. The monoisotopic (exact) mass is 364 g/mol. The van der Waals surface area contributed by atoms with Crippen LogP contribution in [0.5, 0.6) is 0 Å². The van der Waals surface area contributed by atoms with Gasteiger partial charge in [-0.1, -0.05) is 48.5 Å². The maximum Gasteiger partial charge on any atom is 0.409 e. The number of nitrogens with zero attached hydrogens (tertiary/aromatic N) is 2. The van der Waals surface area contributed by atoms with E-state index in [0.717, 1.165) is 26.1 Å². The molecular weight excluding hydrogens is 340 g/mol. The first kappa shape index (κ1) is 16.8. The Morgan fingerprint density at radius 1 is 1.00 bits per heavy atom. The van der Waals surface area contributed by atoms with Crippen LogP contribution in [-0.2, 0) is 4.74 Å². The number of hydrogen-bond donors (Lipinski definition) is 1. The number of amides is 1. The molecule has 5 heteroatoms. The van der Waals surface area contributed by atoms with Crippen molar-refractivity contribution in [3.05, 3.63) is 59.7 Å². The van der Waals surface area contributed by atoms with Gasteiger partial charge in [-0.15, -0.1) is 0 Å². The summed E-state index contributed by atoms with van der Waals surface area (Å²) in [6.07, 6.45) is 0.533. The highest BCUT2D eigenvalue weighted by atomic mass is 16.6. The summed E-state index contributed by atoms with van der Waals surface area (Å²) in [5.41, 5.74) is 4.96. The first-order valence-electron chi connectivity index (χ1n) is 9.73. The predicted octanol–water partition coefficient (Wildman–Crippen LogP) is 2.69. The molecule has 3 aliphatic rings. The maximum absolute atomic E-state index is 12.6. The molecule has 0 aromatic heterocycles. The van der Waals surface area contributed by atoms with Crippen LogP contribution in [0.3, 0.4) is 0 Å². The van der Waals surface area contributed by atoms with E-state index >= 15 is 0 Å². The number of β-amino-alcohol motifs (C(OH)–C–C–N with tert-alkyl or cyclic N) is 1. The molecule has 1 aliphatic carbocycles. The molecule has 2 saturated heterocycles. The van der Waals surface area contributed by atoms with Crippen LogP contribution in [0, 0.1) is 0 Å². The smallest absolute Gasteiger partial charge is 0.409 e. The molecule has 27 heavy (non-hydrogen) atoms. The average molecular weight is 364 g/mol. The van der Waals surface area contributed by atoms with Crippen molar-refractivity contribution in [3.63, 3.8) is 0 Å². The van der Waals surface area contributed by atoms with Crippen LogP contribution in [0.1, 0.15) is 23.5 Å². The zero-order chi connectivity index (χ0) is 18.4. The van der Waals surface area contributed by atoms with E-state index < -0.39 is 0 Å². The number of rotatable bonds is 3. The highest BCUT2D eigenvalue weighted by Crippen LogP contribution is 2.44. The largest absolute Gasteiger partial charge is 0.448 e. The van der Waals surface area contributed by atoms with E-state index in [9.17, 15) is 9.90 Å². The summed E-state index contributed by atoms with van der Waals surface area (Å²) in [6.45, 7) is 3.25. The fourth-order valence-electron chi connectivity index (χ4n) is 4.68. The third-order valence-electron chi connectivity index (χ3n) is 6.16. The first-order chi connectivity index (χ1) is 13.2. The predicted molar refractivity (Wildman–Crippen MR) is 103 cm³/mol. The first-order valence-corrected chi connectivity index (χ1v) is 9.73. The second kappa shape index (κ2) is 6.66. The van der Waals surface area contributed by atoms with Crippen molar-refractivity contribution in [1.82, 2.24) is 9.80 Å². The summed E-state index contributed by atoms with van der Waals surface area (Å²) in [4.78, 5) is 16.7. The number of aliphatic hydroxyl groups excluding tert-OH is 1. The molecule has 5 nitrogen and oxygen atoms in total. The van der Waals surface area contributed by atoms with Gasteiger partial charge in [0.1, 0.15) is 6.61 Å². The normalized spacial score (nSPS) is 22.4. The van der Waals surface area contributed by atoms with Crippen molar-refractivity contribution < 1.29 is 14.6 Å². The number of ether oxygens (including phenoxy) is 1. The second-order valence-electron chi connectivity index (χ2n) is 7.80. The molecule has 0 spiro atoms. The quantitative estimate of drug-likeness (QED) is 0.910. The lowest BCUT2D eigenvalue weighted by atomic mass is 9.98. The summed E-state index contributed by atoms with van der Waals surface area (Å²) in [7, 11) is 0. The molecule has 2 aromatic rings. The van der Waals surface area contributed by atoms with Crippen LogP contribution in [0.2, 0.25) is 0 Å². The summed E-state index contributed by atoms with van der Waals surface area (Å²) >= 11 is 0. The van der Waals surface area contributed by atoms with Crippen molar-refractivity contribution in [2.75, 3.05) is 32.8 Å². The van der Waals surface area contributed by atoms with Gasteiger partial charge in [-0.05, 0) is 28.7 Å². The fourth-order valence-corrected chi connectivity index (χ4v) is 4.68. The lowest BCUT2D eigenvalue weighted by Gasteiger charge is -2.40.